The molecule has 0 aliphatic heterocycles. The minimum Gasteiger partial charge on any atom is -0.366 e. The lowest BCUT2D eigenvalue weighted by atomic mass is 10.0. The van der Waals surface area contributed by atoms with Crippen molar-refractivity contribution in [3.63, 3.8) is 0 Å². The summed E-state index contributed by atoms with van der Waals surface area (Å²) in [6.07, 6.45) is 3.63. The van der Waals surface area contributed by atoms with Crippen LogP contribution in [0.3, 0.4) is 0 Å². The molecule has 0 spiro atoms. The third-order valence-corrected chi connectivity index (χ3v) is 3.72. The van der Waals surface area contributed by atoms with Crippen LogP contribution in [0.2, 0.25) is 5.15 Å². The zero-order valence-corrected chi connectivity index (χ0v) is 13.1. The van der Waals surface area contributed by atoms with Crippen LogP contribution in [-0.4, -0.2) is 16.2 Å². The molecule has 3 nitrogen and oxygen atoms in total. The molecule has 0 bridgehead atoms. The van der Waals surface area contributed by atoms with E-state index < -0.39 is 0 Å². The molecule has 2 aromatic rings. The molecule has 0 radical (unpaired) electrons. The summed E-state index contributed by atoms with van der Waals surface area (Å²) in [5, 5.41) is 14.1. The molecule has 0 aliphatic rings. The lowest BCUT2D eigenvalue weighted by Gasteiger charge is -2.16. The summed E-state index contributed by atoms with van der Waals surface area (Å²) in [7, 11) is 0. The van der Waals surface area contributed by atoms with Crippen LogP contribution < -0.4 is 5.32 Å². The second-order valence-corrected chi connectivity index (χ2v) is 6.11. The van der Waals surface area contributed by atoms with Gasteiger partial charge in [0.15, 0.2) is 11.0 Å². The summed E-state index contributed by atoms with van der Waals surface area (Å²) in [5.41, 5.74) is 0. The number of halogens is 1. The van der Waals surface area contributed by atoms with E-state index in [0.29, 0.717) is 11.2 Å². The van der Waals surface area contributed by atoms with Gasteiger partial charge in [-0.15, -0.1) is 10.2 Å². The van der Waals surface area contributed by atoms with E-state index in [-0.39, 0.29) is 0 Å². The number of rotatable bonds is 6. The fraction of sp³-hybridized carbons (Fsp3) is 0.500. The van der Waals surface area contributed by atoms with Crippen molar-refractivity contribution >= 4 is 28.2 Å². The third kappa shape index (κ3) is 3.83. The number of anilines is 1. The Hall–Kier alpha value is -1.35. The van der Waals surface area contributed by atoms with E-state index in [9.17, 15) is 0 Å². The molecular formula is C16H22ClN3. The monoisotopic (exact) mass is 291 g/mol. The first kappa shape index (κ1) is 15.0. The average molecular weight is 292 g/mol. The predicted molar refractivity (Wildman–Crippen MR) is 86.3 cm³/mol. The van der Waals surface area contributed by atoms with E-state index in [4.69, 9.17) is 11.6 Å². The molecule has 1 atom stereocenters. The Kier molecular flexibility index (Phi) is 5.18. The maximum absolute atomic E-state index is 6.08. The Balaban J connectivity index is 2.08. The Bertz CT molecular complexity index is 569. The maximum atomic E-state index is 6.08. The summed E-state index contributed by atoms with van der Waals surface area (Å²) in [6, 6.07) is 8.34. The molecule has 1 aromatic heterocycles. The van der Waals surface area contributed by atoms with Crippen molar-refractivity contribution in [2.24, 2.45) is 5.92 Å². The highest BCUT2D eigenvalue weighted by Gasteiger charge is 2.10. The van der Waals surface area contributed by atoms with Crippen molar-refractivity contribution in [1.29, 1.82) is 0 Å². The first-order valence-corrected chi connectivity index (χ1v) is 7.63. The smallest absolute Gasteiger partial charge is 0.159 e. The van der Waals surface area contributed by atoms with Gasteiger partial charge in [0.05, 0.1) is 0 Å². The van der Waals surface area contributed by atoms with Gasteiger partial charge in [-0.05, 0) is 19.3 Å². The second-order valence-electron chi connectivity index (χ2n) is 5.76. The fourth-order valence-corrected chi connectivity index (χ4v) is 2.52. The predicted octanol–water partition coefficient (Wildman–Crippen LogP) is 4.91. The van der Waals surface area contributed by atoms with Crippen LogP contribution >= 0.6 is 11.6 Å². The summed E-state index contributed by atoms with van der Waals surface area (Å²) in [6.45, 7) is 6.71. The minimum atomic E-state index is 0.382. The molecule has 0 saturated heterocycles. The van der Waals surface area contributed by atoms with Gasteiger partial charge < -0.3 is 5.32 Å². The van der Waals surface area contributed by atoms with Crippen molar-refractivity contribution in [1.82, 2.24) is 10.2 Å². The minimum absolute atomic E-state index is 0.382. The van der Waals surface area contributed by atoms with Crippen molar-refractivity contribution in [3.8, 4) is 0 Å². The summed E-state index contributed by atoms with van der Waals surface area (Å²) >= 11 is 6.08. The second kappa shape index (κ2) is 6.89. The van der Waals surface area contributed by atoms with Crippen LogP contribution in [0.1, 0.15) is 40.0 Å². The lowest BCUT2D eigenvalue weighted by molar-refractivity contribution is 0.520. The van der Waals surface area contributed by atoms with Crippen molar-refractivity contribution in [3.05, 3.63) is 29.4 Å². The summed E-state index contributed by atoms with van der Waals surface area (Å²) in [5.74, 6) is 1.58. The molecule has 1 heterocycles. The molecule has 1 aromatic carbocycles. The molecule has 20 heavy (non-hydrogen) atoms. The standard InChI is InChI=1S/C16H22ClN3/c1-11(2)7-6-8-12(3)18-16-14-10-5-4-9-13(14)15(17)19-20-16/h4-5,9-12H,6-8H2,1-3H3,(H,18,20). The van der Waals surface area contributed by atoms with Crippen LogP contribution in [0, 0.1) is 5.92 Å². The van der Waals surface area contributed by atoms with Gasteiger partial charge in [-0.1, -0.05) is 62.6 Å². The molecule has 0 amide bonds. The number of nitrogens with zero attached hydrogens (tertiary/aromatic N) is 2. The first-order valence-electron chi connectivity index (χ1n) is 7.25. The van der Waals surface area contributed by atoms with E-state index in [2.05, 4.69) is 36.3 Å². The Morgan fingerprint density at radius 3 is 2.45 bits per heavy atom. The highest BCUT2D eigenvalue weighted by molar-refractivity contribution is 6.34. The molecule has 1 unspecified atom stereocenters. The van der Waals surface area contributed by atoms with E-state index in [1.54, 1.807) is 0 Å². The molecule has 4 heteroatoms. The fourth-order valence-electron chi connectivity index (χ4n) is 2.32. The van der Waals surface area contributed by atoms with Gasteiger partial charge in [0.1, 0.15) is 0 Å². The average Bonchev–Trinajstić information content (AvgIpc) is 2.42. The molecule has 2 rings (SSSR count). The number of fused-ring (bicyclic) bond motifs is 1. The van der Waals surface area contributed by atoms with E-state index in [1.165, 1.54) is 12.8 Å². The van der Waals surface area contributed by atoms with Crippen LogP contribution in [0.4, 0.5) is 5.82 Å². The lowest BCUT2D eigenvalue weighted by Crippen LogP contribution is -2.16. The largest absolute Gasteiger partial charge is 0.366 e. The Labute approximate surface area is 125 Å². The van der Waals surface area contributed by atoms with Gasteiger partial charge in [0, 0.05) is 16.8 Å². The van der Waals surface area contributed by atoms with Gasteiger partial charge in [0.2, 0.25) is 0 Å². The quantitative estimate of drug-likeness (QED) is 0.822. The van der Waals surface area contributed by atoms with Gasteiger partial charge in [0.25, 0.3) is 0 Å². The highest BCUT2D eigenvalue weighted by atomic mass is 35.5. The Morgan fingerprint density at radius 2 is 1.75 bits per heavy atom. The topological polar surface area (TPSA) is 37.8 Å². The van der Waals surface area contributed by atoms with Gasteiger partial charge in [-0.25, -0.2) is 0 Å². The summed E-state index contributed by atoms with van der Waals surface area (Å²) in [4.78, 5) is 0. The summed E-state index contributed by atoms with van der Waals surface area (Å²) < 4.78 is 0. The molecular weight excluding hydrogens is 270 g/mol. The van der Waals surface area contributed by atoms with Crippen LogP contribution in [-0.2, 0) is 0 Å². The molecule has 1 N–H and O–H groups in total. The van der Waals surface area contributed by atoms with Gasteiger partial charge in [-0.3, -0.25) is 0 Å². The number of nitrogens with one attached hydrogen (secondary N) is 1. The van der Waals surface area contributed by atoms with E-state index in [1.807, 2.05) is 24.3 Å². The van der Waals surface area contributed by atoms with Gasteiger partial charge in [-0.2, -0.15) is 0 Å². The van der Waals surface area contributed by atoms with Crippen LogP contribution in [0.25, 0.3) is 10.8 Å². The number of hydrogen-bond acceptors (Lipinski definition) is 3. The molecule has 0 aliphatic carbocycles. The third-order valence-electron chi connectivity index (χ3n) is 3.44. The zero-order chi connectivity index (χ0) is 14.5. The van der Waals surface area contributed by atoms with Crippen LogP contribution in [0.5, 0.6) is 0 Å². The SMILES string of the molecule is CC(C)CCCC(C)Nc1nnc(Cl)c2ccccc12. The normalized spacial score (nSPS) is 12.8. The van der Waals surface area contributed by atoms with Crippen molar-refractivity contribution < 1.29 is 0 Å². The number of aromatic nitrogens is 2. The highest BCUT2D eigenvalue weighted by Crippen LogP contribution is 2.26. The number of benzene rings is 1. The van der Waals surface area contributed by atoms with Gasteiger partial charge >= 0.3 is 0 Å². The van der Waals surface area contributed by atoms with Crippen LogP contribution in [0.15, 0.2) is 24.3 Å². The first-order chi connectivity index (χ1) is 9.58. The molecule has 0 fully saturated rings. The number of hydrogen-bond donors (Lipinski definition) is 1. The molecule has 108 valence electrons. The van der Waals surface area contributed by atoms with E-state index >= 15 is 0 Å². The van der Waals surface area contributed by atoms with E-state index in [0.717, 1.165) is 28.9 Å². The zero-order valence-electron chi connectivity index (χ0n) is 12.4. The van der Waals surface area contributed by atoms with Crippen molar-refractivity contribution in [2.45, 2.75) is 46.1 Å². The molecule has 0 saturated carbocycles. The Morgan fingerprint density at radius 1 is 1.05 bits per heavy atom. The van der Waals surface area contributed by atoms with Crippen molar-refractivity contribution in [2.75, 3.05) is 5.32 Å². The maximum Gasteiger partial charge on any atom is 0.159 e.